The molecule has 0 bridgehead atoms. The Kier molecular flexibility index (Phi) is 5.81. The summed E-state index contributed by atoms with van der Waals surface area (Å²) in [7, 11) is 0. The van der Waals surface area contributed by atoms with Crippen molar-refractivity contribution in [1.82, 2.24) is 0 Å². The van der Waals surface area contributed by atoms with Crippen molar-refractivity contribution >= 4 is 11.6 Å². The van der Waals surface area contributed by atoms with Crippen LogP contribution in [0.4, 0.5) is 5.69 Å². The highest BCUT2D eigenvalue weighted by molar-refractivity contribution is 5.93. The number of hydrogen-bond donors (Lipinski definition) is 1. The second kappa shape index (κ2) is 9.21. The Morgan fingerprint density at radius 1 is 0.667 bits per heavy atom. The molecule has 4 aromatic carbocycles. The molecule has 5 rings (SSSR count). The number of anilines is 1. The van der Waals surface area contributed by atoms with Crippen molar-refractivity contribution in [3.8, 4) is 11.5 Å². The van der Waals surface area contributed by atoms with E-state index >= 15 is 0 Å². The first-order valence-electron chi connectivity index (χ1n) is 11.1. The maximum absolute atomic E-state index is 13.5. The zero-order chi connectivity index (χ0) is 22.5. The molecule has 33 heavy (non-hydrogen) atoms. The Morgan fingerprint density at radius 3 is 1.67 bits per heavy atom. The third-order valence-corrected chi connectivity index (χ3v) is 6.05. The van der Waals surface area contributed by atoms with Gasteiger partial charge < -0.3 is 14.8 Å². The predicted molar refractivity (Wildman–Crippen MR) is 130 cm³/mol. The van der Waals surface area contributed by atoms with E-state index in [1.54, 1.807) is 0 Å². The lowest BCUT2D eigenvalue weighted by Gasteiger charge is -2.35. The van der Waals surface area contributed by atoms with Gasteiger partial charge in [-0.15, -0.1) is 0 Å². The fourth-order valence-electron chi connectivity index (χ4n) is 4.54. The zero-order valence-corrected chi connectivity index (χ0v) is 18.2. The van der Waals surface area contributed by atoms with Gasteiger partial charge >= 0.3 is 0 Å². The quantitative estimate of drug-likeness (QED) is 0.388. The first-order valence-corrected chi connectivity index (χ1v) is 11.1. The Morgan fingerprint density at radius 2 is 1.15 bits per heavy atom. The van der Waals surface area contributed by atoms with Crippen molar-refractivity contribution < 1.29 is 14.3 Å². The molecule has 4 nitrogen and oxygen atoms in total. The van der Waals surface area contributed by atoms with E-state index in [2.05, 4.69) is 41.7 Å². The van der Waals surface area contributed by atoms with Gasteiger partial charge in [0.1, 0.15) is 13.2 Å². The third kappa shape index (κ3) is 4.20. The molecule has 1 heterocycles. The third-order valence-electron chi connectivity index (χ3n) is 6.05. The number of benzene rings is 4. The number of amides is 1. The minimum atomic E-state index is -0.637. The number of rotatable bonds is 6. The normalized spacial score (nSPS) is 12.7. The summed E-state index contributed by atoms with van der Waals surface area (Å²) in [5.74, 6) is 1.27. The lowest BCUT2D eigenvalue weighted by atomic mass is 9.67. The molecule has 1 amide bonds. The molecule has 1 N–H and O–H groups in total. The number of hydrogen-bond acceptors (Lipinski definition) is 3. The smallest absolute Gasteiger partial charge is 0.225 e. The summed E-state index contributed by atoms with van der Waals surface area (Å²) in [5.41, 5.74) is 3.26. The van der Waals surface area contributed by atoms with Crippen LogP contribution in [0, 0.1) is 0 Å². The van der Waals surface area contributed by atoms with E-state index in [1.165, 1.54) is 0 Å². The molecule has 0 saturated carbocycles. The van der Waals surface area contributed by atoms with Gasteiger partial charge in [-0.3, -0.25) is 4.79 Å². The van der Waals surface area contributed by atoms with E-state index in [-0.39, 0.29) is 12.3 Å². The van der Waals surface area contributed by atoms with Crippen LogP contribution >= 0.6 is 0 Å². The first kappa shape index (κ1) is 20.8. The van der Waals surface area contributed by atoms with Crippen LogP contribution in [0.2, 0.25) is 0 Å². The van der Waals surface area contributed by atoms with Crippen LogP contribution in [-0.2, 0) is 10.2 Å². The van der Waals surface area contributed by atoms with E-state index in [0.717, 1.165) is 16.7 Å². The molecule has 0 fully saturated rings. The molecule has 0 spiro atoms. The minimum Gasteiger partial charge on any atom is -0.486 e. The van der Waals surface area contributed by atoms with E-state index in [1.807, 2.05) is 72.8 Å². The number of nitrogens with one attached hydrogen (secondary N) is 1. The zero-order valence-electron chi connectivity index (χ0n) is 18.2. The second-order valence-corrected chi connectivity index (χ2v) is 8.09. The highest BCUT2D eigenvalue weighted by Crippen LogP contribution is 2.42. The summed E-state index contributed by atoms with van der Waals surface area (Å²) in [4.78, 5) is 13.5. The number of ether oxygens (including phenoxy) is 2. The lowest BCUT2D eigenvalue weighted by Crippen LogP contribution is -2.34. The molecule has 4 heteroatoms. The summed E-state index contributed by atoms with van der Waals surface area (Å²) in [6.07, 6.45) is 0.249. The largest absolute Gasteiger partial charge is 0.486 e. The van der Waals surface area contributed by atoms with Crippen molar-refractivity contribution in [3.05, 3.63) is 126 Å². The van der Waals surface area contributed by atoms with Crippen molar-refractivity contribution in [2.24, 2.45) is 0 Å². The van der Waals surface area contributed by atoms with Crippen LogP contribution < -0.4 is 14.8 Å². The molecular weight excluding hydrogens is 410 g/mol. The molecule has 4 aromatic rings. The van der Waals surface area contributed by atoms with Gasteiger partial charge in [-0.05, 0) is 28.8 Å². The number of fused-ring (bicyclic) bond motifs is 1. The van der Waals surface area contributed by atoms with E-state index in [0.29, 0.717) is 30.4 Å². The SMILES string of the molecule is O=C(CC(c1ccccc1)(c1ccccc1)c1ccccc1)Nc1ccc2c(c1)OCCO2. The molecule has 0 aromatic heterocycles. The van der Waals surface area contributed by atoms with Gasteiger partial charge in [0.25, 0.3) is 0 Å². The van der Waals surface area contributed by atoms with E-state index in [9.17, 15) is 4.79 Å². The molecule has 0 aliphatic carbocycles. The summed E-state index contributed by atoms with van der Waals surface area (Å²) in [6.45, 7) is 1.04. The highest BCUT2D eigenvalue weighted by Gasteiger charge is 2.38. The van der Waals surface area contributed by atoms with Crippen LogP contribution in [0.15, 0.2) is 109 Å². The van der Waals surface area contributed by atoms with Gasteiger partial charge in [0.15, 0.2) is 11.5 Å². The Bertz CT molecular complexity index is 1130. The molecular formula is C29H25NO3. The Balaban J connectivity index is 1.55. The standard InChI is InChI=1S/C29H25NO3/c31-28(30-25-16-17-26-27(20-25)33-19-18-32-26)21-29(22-10-4-1-5-11-22,23-12-6-2-7-13-23)24-14-8-3-9-15-24/h1-17,20H,18-19,21H2,(H,30,31). The van der Waals surface area contributed by atoms with Crippen LogP contribution in [-0.4, -0.2) is 19.1 Å². The van der Waals surface area contributed by atoms with Crippen LogP contribution in [0.1, 0.15) is 23.1 Å². The molecule has 0 saturated heterocycles. The highest BCUT2D eigenvalue weighted by atomic mass is 16.6. The van der Waals surface area contributed by atoms with Crippen molar-refractivity contribution in [2.45, 2.75) is 11.8 Å². The van der Waals surface area contributed by atoms with Crippen molar-refractivity contribution in [3.63, 3.8) is 0 Å². The monoisotopic (exact) mass is 435 g/mol. The average Bonchev–Trinajstić information content (AvgIpc) is 2.89. The number of carbonyl (C=O) groups excluding carboxylic acids is 1. The first-order chi connectivity index (χ1) is 16.3. The fourth-order valence-corrected chi connectivity index (χ4v) is 4.54. The van der Waals surface area contributed by atoms with Crippen molar-refractivity contribution in [2.75, 3.05) is 18.5 Å². The average molecular weight is 436 g/mol. The topological polar surface area (TPSA) is 47.6 Å². The number of carbonyl (C=O) groups is 1. The predicted octanol–water partition coefficient (Wildman–Crippen LogP) is 5.82. The van der Waals surface area contributed by atoms with E-state index in [4.69, 9.17) is 9.47 Å². The van der Waals surface area contributed by atoms with Crippen LogP contribution in [0.3, 0.4) is 0 Å². The molecule has 0 unspecified atom stereocenters. The molecule has 164 valence electrons. The maximum Gasteiger partial charge on any atom is 0.225 e. The van der Waals surface area contributed by atoms with Crippen molar-refractivity contribution in [1.29, 1.82) is 0 Å². The van der Waals surface area contributed by atoms with Gasteiger partial charge in [-0.1, -0.05) is 91.0 Å². The van der Waals surface area contributed by atoms with Gasteiger partial charge in [0.05, 0.1) is 5.41 Å². The summed E-state index contributed by atoms with van der Waals surface area (Å²) in [6, 6.07) is 36.2. The maximum atomic E-state index is 13.5. The van der Waals surface area contributed by atoms with Gasteiger partial charge in [0.2, 0.25) is 5.91 Å². The fraction of sp³-hybridized carbons (Fsp3) is 0.138. The van der Waals surface area contributed by atoms with Gasteiger partial charge in [-0.2, -0.15) is 0 Å². The lowest BCUT2D eigenvalue weighted by molar-refractivity contribution is -0.116. The van der Waals surface area contributed by atoms with Gasteiger partial charge in [-0.25, -0.2) is 0 Å². The molecule has 1 aliphatic heterocycles. The minimum absolute atomic E-state index is 0.0803. The molecule has 0 atom stereocenters. The summed E-state index contributed by atoms with van der Waals surface area (Å²) >= 11 is 0. The molecule has 1 aliphatic rings. The second-order valence-electron chi connectivity index (χ2n) is 8.09. The van der Waals surface area contributed by atoms with E-state index < -0.39 is 5.41 Å². The Labute approximate surface area is 193 Å². The van der Waals surface area contributed by atoms with Crippen LogP contribution in [0.25, 0.3) is 0 Å². The summed E-state index contributed by atoms with van der Waals surface area (Å²) < 4.78 is 11.3. The Hall–Kier alpha value is -4.05. The summed E-state index contributed by atoms with van der Waals surface area (Å²) in [5, 5.41) is 3.08. The van der Waals surface area contributed by atoms with Crippen LogP contribution in [0.5, 0.6) is 11.5 Å². The van der Waals surface area contributed by atoms with Gasteiger partial charge in [0, 0.05) is 18.2 Å². The molecule has 0 radical (unpaired) electrons.